The molecule has 0 aliphatic heterocycles. The molecule has 1 heterocycles. The molecule has 4 rings (SSSR count). The molecule has 2 aromatic rings. The van der Waals surface area contributed by atoms with Gasteiger partial charge in [0.25, 0.3) is 5.91 Å². The fraction of sp³-hybridized carbons (Fsp3) is 0.565. The maximum Gasteiger partial charge on any atom is 0.303 e. The predicted molar refractivity (Wildman–Crippen MR) is 117 cm³/mol. The number of carboxylic acid groups (broad SMARTS) is 1. The van der Waals surface area contributed by atoms with E-state index in [-0.39, 0.29) is 12.3 Å². The third kappa shape index (κ3) is 5.06. The average molecular weight is 428 g/mol. The van der Waals surface area contributed by atoms with Gasteiger partial charge in [-0.1, -0.05) is 36.3 Å². The lowest BCUT2D eigenvalue weighted by Gasteiger charge is -2.28. The van der Waals surface area contributed by atoms with Gasteiger partial charge in [0.2, 0.25) is 5.13 Å². The normalized spacial score (nSPS) is 22.1. The highest BCUT2D eigenvalue weighted by molar-refractivity contribution is 7.13. The second-order valence-corrected chi connectivity index (χ2v) is 9.54. The van der Waals surface area contributed by atoms with Crippen molar-refractivity contribution in [2.75, 3.05) is 11.4 Å². The van der Waals surface area contributed by atoms with E-state index < -0.39 is 5.97 Å². The Balaban J connectivity index is 1.42. The van der Waals surface area contributed by atoms with Crippen molar-refractivity contribution >= 4 is 28.3 Å². The first kappa shape index (κ1) is 21.0. The van der Waals surface area contributed by atoms with Crippen LogP contribution in [-0.2, 0) is 4.79 Å². The highest BCUT2D eigenvalue weighted by atomic mass is 32.1. The topological polar surface area (TPSA) is 83.4 Å². The fourth-order valence-corrected chi connectivity index (χ4v) is 5.55. The molecule has 2 aliphatic rings. The summed E-state index contributed by atoms with van der Waals surface area (Å²) in [5.74, 6) is 0.597. The van der Waals surface area contributed by atoms with Crippen LogP contribution in [0.2, 0.25) is 0 Å². The molecule has 1 aromatic carbocycles. The van der Waals surface area contributed by atoms with Gasteiger partial charge in [0.05, 0.1) is 0 Å². The van der Waals surface area contributed by atoms with Gasteiger partial charge in [-0.15, -0.1) is 10.2 Å². The number of hydrogen-bond acceptors (Lipinski definition) is 5. The van der Waals surface area contributed by atoms with Gasteiger partial charge in [-0.25, -0.2) is 0 Å². The Hall–Kier alpha value is -2.28. The summed E-state index contributed by atoms with van der Waals surface area (Å²) < 4.78 is 0. The number of anilines is 1. The largest absolute Gasteiger partial charge is 0.481 e. The van der Waals surface area contributed by atoms with Gasteiger partial charge in [0, 0.05) is 18.5 Å². The molecule has 2 aliphatic carbocycles. The number of hydrogen-bond donors (Lipinski definition) is 1. The van der Waals surface area contributed by atoms with E-state index in [0.717, 1.165) is 25.7 Å². The van der Waals surface area contributed by atoms with Gasteiger partial charge in [-0.05, 0) is 74.0 Å². The number of carbonyl (C=O) groups excluding carboxylic acids is 1. The van der Waals surface area contributed by atoms with Gasteiger partial charge in [-0.3, -0.25) is 14.5 Å². The first-order valence-electron chi connectivity index (χ1n) is 11.0. The summed E-state index contributed by atoms with van der Waals surface area (Å²) in [6, 6.07) is 8.01. The molecular formula is C23H29N3O3S. The summed E-state index contributed by atoms with van der Waals surface area (Å²) in [6.45, 7) is 0.712. The predicted octanol–water partition coefficient (Wildman–Crippen LogP) is 5.12. The number of aromatic nitrogens is 2. The third-order valence-electron chi connectivity index (χ3n) is 6.68. The van der Waals surface area contributed by atoms with Crippen LogP contribution in [0.5, 0.6) is 0 Å². The number of carboxylic acids is 1. The minimum Gasteiger partial charge on any atom is -0.481 e. The SMILES string of the molecule is O=C(O)CC1CCC(c2ccc(C(=O)N(CC3CCCC3)c3nncs3)cc2)CC1. The molecule has 1 aromatic heterocycles. The maximum absolute atomic E-state index is 13.3. The van der Waals surface area contributed by atoms with Crippen molar-refractivity contribution < 1.29 is 14.7 Å². The summed E-state index contributed by atoms with van der Waals surface area (Å²) in [5.41, 5.74) is 3.61. The third-order valence-corrected chi connectivity index (χ3v) is 7.39. The molecule has 0 spiro atoms. The minimum atomic E-state index is -0.695. The van der Waals surface area contributed by atoms with Crippen LogP contribution in [0.1, 0.15) is 79.6 Å². The molecular weight excluding hydrogens is 398 g/mol. The Morgan fingerprint density at radius 3 is 2.30 bits per heavy atom. The summed E-state index contributed by atoms with van der Waals surface area (Å²) in [7, 11) is 0. The number of aliphatic carboxylic acids is 1. The number of amides is 1. The zero-order valence-electron chi connectivity index (χ0n) is 17.2. The Labute approximate surface area is 181 Å². The average Bonchev–Trinajstić information content (AvgIpc) is 3.46. The lowest BCUT2D eigenvalue weighted by atomic mass is 9.77. The van der Waals surface area contributed by atoms with E-state index in [1.165, 1.54) is 42.6 Å². The van der Waals surface area contributed by atoms with Crippen LogP contribution in [-0.4, -0.2) is 33.7 Å². The second-order valence-electron chi connectivity index (χ2n) is 8.73. The summed E-state index contributed by atoms with van der Waals surface area (Å²) in [5, 5.41) is 17.8. The molecule has 2 fully saturated rings. The first-order chi connectivity index (χ1) is 14.6. The highest BCUT2D eigenvalue weighted by Gasteiger charge is 2.27. The van der Waals surface area contributed by atoms with Crippen molar-refractivity contribution in [2.45, 2.75) is 63.7 Å². The van der Waals surface area contributed by atoms with Gasteiger partial charge in [0.1, 0.15) is 5.51 Å². The molecule has 0 atom stereocenters. The van der Waals surface area contributed by atoms with E-state index in [0.29, 0.717) is 35.0 Å². The molecule has 0 unspecified atom stereocenters. The number of carbonyl (C=O) groups is 2. The van der Waals surface area contributed by atoms with Crippen LogP contribution < -0.4 is 4.90 Å². The van der Waals surface area contributed by atoms with E-state index in [1.807, 2.05) is 12.1 Å². The van der Waals surface area contributed by atoms with Gasteiger partial charge in [-0.2, -0.15) is 0 Å². The number of benzene rings is 1. The van der Waals surface area contributed by atoms with E-state index in [1.54, 1.807) is 10.4 Å². The summed E-state index contributed by atoms with van der Waals surface area (Å²) in [6.07, 6.45) is 9.07. The highest BCUT2D eigenvalue weighted by Crippen LogP contribution is 2.37. The van der Waals surface area contributed by atoms with E-state index >= 15 is 0 Å². The zero-order valence-corrected chi connectivity index (χ0v) is 18.0. The summed E-state index contributed by atoms with van der Waals surface area (Å²) in [4.78, 5) is 26.0. The van der Waals surface area contributed by atoms with E-state index in [2.05, 4.69) is 22.3 Å². The van der Waals surface area contributed by atoms with Crippen LogP contribution in [0.3, 0.4) is 0 Å². The standard InChI is InChI=1S/C23H29N3O3S/c27-21(28)13-16-5-7-18(8-6-16)19-9-11-20(12-10-19)22(29)26(23-25-24-15-30-23)14-17-3-1-2-4-17/h9-12,15-18H,1-8,13-14H2,(H,27,28). The Bertz CT molecular complexity index is 839. The number of rotatable bonds is 7. The quantitative estimate of drug-likeness (QED) is 0.663. The van der Waals surface area contributed by atoms with Crippen molar-refractivity contribution in [1.82, 2.24) is 10.2 Å². The number of nitrogens with zero attached hydrogens (tertiary/aromatic N) is 3. The van der Waals surface area contributed by atoms with Gasteiger partial charge in [0.15, 0.2) is 0 Å². The Morgan fingerprint density at radius 1 is 1.00 bits per heavy atom. The Morgan fingerprint density at radius 2 is 1.70 bits per heavy atom. The van der Waals surface area contributed by atoms with E-state index in [4.69, 9.17) is 5.11 Å². The van der Waals surface area contributed by atoms with Crippen LogP contribution in [0, 0.1) is 11.8 Å². The van der Waals surface area contributed by atoms with Crippen LogP contribution in [0.25, 0.3) is 0 Å². The minimum absolute atomic E-state index is 0.00429. The second kappa shape index (κ2) is 9.69. The van der Waals surface area contributed by atoms with Gasteiger partial charge < -0.3 is 5.11 Å². The Kier molecular flexibility index (Phi) is 6.77. The van der Waals surface area contributed by atoms with Crippen molar-refractivity contribution in [2.24, 2.45) is 11.8 Å². The molecule has 1 amide bonds. The molecule has 0 radical (unpaired) electrons. The van der Waals surface area contributed by atoms with Crippen LogP contribution >= 0.6 is 11.3 Å². The van der Waals surface area contributed by atoms with Crippen molar-refractivity contribution in [3.8, 4) is 0 Å². The lowest BCUT2D eigenvalue weighted by molar-refractivity contribution is -0.138. The van der Waals surface area contributed by atoms with Crippen molar-refractivity contribution in [3.63, 3.8) is 0 Å². The molecule has 2 saturated carbocycles. The zero-order chi connectivity index (χ0) is 20.9. The van der Waals surface area contributed by atoms with Crippen LogP contribution in [0.4, 0.5) is 5.13 Å². The first-order valence-corrected chi connectivity index (χ1v) is 11.9. The van der Waals surface area contributed by atoms with E-state index in [9.17, 15) is 9.59 Å². The molecule has 0 bridgehead atoms. The summed E-state index contributed by atoms with van der Waals surface area (Å²) >= 11 is 1.41. The maximum atomic E-state index is 13.3. The molecule has 1 N–H and O–H groups in total. The fourth-order valence-electron chi connectivity index (χ4n) is 4.98. The van der Waals surface area contributed by atoms with Crippen molar-refractivity contribution in [3.05, 3.63) is 40.9 Å². The lowest BCUT2D eigenvalue weighted by Crippen LogP contribution is -2.35. The molecule has 6 nitrogen and oxygen atoms in total. The van der Waals surface area contributed by atoms with Gasteiger partial charge >= 0.3 is 5.97 Å². The smallest absolute Gasteiger partial charge is 0.303 e. The molecule has 160 valence electrons. The molecule has 30 heavy (non-hydrogen) atoms. The molecule has 7 heteroatoms. The monoisotopic (exact) mass is 427 g/mol. The van der Waals surface area contributed by atoms with Crippen LogP contribution in [0.15, 0.2) is 29.8 Å². The molecule has 0 saturated heterocycles. The van der Waals surface area contributed by atoms with Crippen molar-refractivity contribution in [1.29, 1.82) is 0 Å².